The van der Waals surface area contributed by atoms with Crippen LogP contribution < -0.4 is 4.90 Å². The third kappa shape index (κ3) is 5.27. The van der Waals surface area contributed by atoms with Crippen LogP contribution in [0.25, 0.3) is 10.4 Å². The fourth-order valence-electron chi connectivity index (χ4n) is 5.39. The number of benzene rings is 1. The number of amides is 1. The van der Waals surface area contributed by atoms with E-state index in [0.717, 1.165) is 41.7 Å². The van der Waals surface area contributed by atoms with Gasteiger partial charge in [0.05, 0.1) is 18.3 Å². The number of hydrogen-bond donors (Lipinski definition) is 1. The van der Waals surface area contributed by atoms with Gasteiger partial charge in [0.2, 0.25) is 5.91 Å². The highest BCUT2D eigenvalue weighted by molar-refractivity contribution is 7.18. The summed E-state index contributed by atoms with van der Waals surface area (Å²) < 4.78 is 0. The van der Waals surface area contributed by atoms with E-state index in [-0.39, 0.29) is 23.4 Å². The number of aromatic carboxylic acids is 1. The number of piperazine rings is 1. The maximum atomic E-state index is 13.7. The molecule has 3 aromatic rings. The Bertz CT molecular complexity index is 1190. The fourth-order valence-corrected chi connectivity index (χ4v) is 6.50. The molecule has 1 saturated carbocycles. The van der Waals surface area contributed by atoms with Crippen LogP contribution in [-0.4, -0.2) is 46.0 Å². The summed E-state index contributed by atoms with van der Waals surface area (Å²) in [5.41, 5.74) is 2.50. The van der Waals surface area contributed by atoms with Gasteiger partial charge >= 0.3 is 5.97 Å². The number of thiophene rings is 1. The molecule has 2 aromatic heterocycles. The van der Waals surface area contributed by atoms with Gasteiger partial charge in [-0.25, -0.2) is 9.78 Å². The number of carbonyl (C=O) groups excluding carboxylic acids is 1. The molecule has 3 heterocycles. The number of pyridine rings is 1. The Balaban J connectivity index is 1.49. The quantitative estimate of drug-likeness (QED) is 0.415. The molecule has 35 heavy (non-hydrogen) atoms. The van der Waals surface area contributed by atoms with Crippen molar-refractivity contribution in [2.45, 2.75) is 44.7 Å². The second-order valence-corrected chi connectivity index (χ2v) is 10.8. The lowest BCUT2D eigenvalue weighted by Gasteiger charge is -2.45. The van der Waals surface area contributed by atoms with Gasteiger partial charge in [-0.1, -0.05) is 67.3 Å². The molecule has 2 aliphatic rings. The molecule has 0 radical (unpaired) electrons. The van der Waals surface area contributed by atoms with Crippen LogP contribution >= 0.6 is 22.9 Å². The van der Waals surface area contributed by atoms with E-state index in [1.165, 1.54) is 17.8 Å². The zero-order valence-corrected chi connectivity index (χ0v) is 21.0. The molecule has 8 heteroatoms. The second-order valence-electron chi connectivity index (χ2n) is 9.38. The Labute approximate surface area is 214 Å². The maximum Gasteiger partial charge on any atom is 0.348 e. The monoisotopic (exact) mass is 509 g/mol. The third-order valence-electron chi connectivity index (χ3n) is 7.02. The first-order chi connectivity index (χ1) is 17.0. The van der Waals surface area contributed by atoms with Crippen LogP contribution in [0.3, 0.4) is 0 Å². The molecular formula is C27H28ClN3O3S. The molecule has 182 valence electrons. The summed E-state index contributed by atoms with van der Waals surface area (Å²) in [5, 5.41) is 10.5. The number of carbonyl (C=O) groups is 2. The molecular weight excluding hydrogens is 482 g/mol. The van der Waals surface area contributed by atoms with Gasteiger partial charge in [-0.05, 0) is 42.0 Å². The zero-order valence-electron chi connectivity index (χ0n) is 19.4. The van der Waals surface area contributed by atoms with Gasteiger partial charge in [0, 0.05) is 24.2 Å². The Morgan fingerprint density at radius 1 is 1.11 bits per heavy atom. The van der Waals surface area contributed by atoms with E-state index in [4.69, 9.17) is 11.6 Å². The van der Waals surface area contributed by atoms with Gasteiger partial charge in [-0.3, -0.25) is 9.69 Å². The number of aromatic nitrogens is 1. The van der Waals surface area contributed by atoms with Crippen LogP contribution in [0.2, 0.25) is 5.15 Å². The summed E-state index contributed by atoms with van der Waals surface area (Å²) in [6, 6.07) is 15.3. The largest absolute Gasteiger partial charge is 0.477 e. The van der Waals surface area contributed by atoms with Crippen molar-refractivity contribution in [3.8, 4) is 10.4 Å². The summed E-state index contributed by atoms with van der Waals surface area (Å²) in [6.07, 6.45) is 7.38. The third-order valence-corrected chi connectivity index (χ3v) is 8.40. The van der Waals surface area contributed by atoms with Crippen LogP contribution in [0.15, 0.2) is 54.7 Å². The summed E-state index contributed by atoms with van der Waals surface area (Å²) >= 11 is 7.19. The van der Waals surface area contributed by atoms with Crippen LogP contribution in [0.4, 0.5) is 5.69 Å². The number of hydrogen-bond acceptors (Lipinski definition) is 5. The van der Waals surface area contributed by atoms with E-state index < -0.39 is 5.97 Å². The normalized spacial score (nSPS) is 19.7. The minimum atomic E-state index is -0.989. The summed E-state index contributed by atoms with van der Waals surface area (Å²) in [5.74, 6) is -0.689. The molecule has 1 aromatic carbocycles. The number of carboxylic acids is 1. The predicted molar refractivity (Wildman–Crippen MR) is 139 cm³/mol. The minimum Gasteiger partial charge on any atom is -0.477 e. The molecule has 0 spiro atoms. The van der Waals surface area contributed by atoms with E-state index in [9.17, 15) is 14.7 Å². The van der Waals surface area contributed by atoms with Crippen molar-refractivity contribution in [1.29, 1.82) is 0 Å². The van der Waals surface area contributed by atoms with Crippen molar-refractivity contribution < 1.29 is 14.7 Å². The summed E-state index contributed by atoms with van der Waals surface area (Å²) in [6.45, 7) is 1.55. The average Bonchev–Trinajstić information content (AvgIpc) is 3.32. The SMILES string of the molecule is O=C(O)c1sc(-c2ccccc2)cc1N1C(=O)CN(Cc2ccc(Cl)nc2)CC1C1CCCCC1. The van der Waals surface area contributed by atoms with E-state index in [1.807, 2.05) is 47.4 Å². The lowest BCUT2D eigenvalue weighted by molar-refractivity contribution is -0.123. The molecule has 1 saturated heterocycles. The highest BCUT2D eigenvalue weighted by Crippen LogP contribution is 2.41. The molecule has 0 bridgehead atoms. The Kier molecular flexibility index (Phi) is 7.18. The lowest BCUT2D eigenvalue weighted by atomic mass is 9.82. The van der Waals surface area contributed by atoms with Crippen molar-refractivity contribution in [3.63, 3.8) is 0 Å². The van der Waals surface area contributed by atoms with Crippen LogP contribution in [0, 0.1) is 5.92 Å². The standard InChI is InChI=1S/C27H28ClN3O3S/c28-24-12-11-18(14-29-24)15-30-16-22(19-7-3-1-4-8-19)31(25(32)17-30)21-13-23(35-26(21)27(33)34)20-9-5-2-6-10-20/h2,5-6,9-14,19,22H,1,3-4,7-8,15-17H2,(H,33,34). The van der Waals surface area contributed by atoms with Gasteiger partial charge in [0.25, 0.3) is 0 Å². The highest BCUT2D eigenvalue weighted by Gasteiger charge is 2.40. The first kappa shape index (κ1) is 24.0. The van der Waals surface area contributed by atoms with Crippen LogP contribution in [0.5, 0.6) is 0 Å². The Morgan fingerprint density at radius 3 is 2.57 bits per heavy atom. The van der Waals surface area contributed by atoms with Gasteiger partial charge in [0.15, 0.2) is 0 Å². The van der Waals surface area contributed by atoms with Gasteiger partial charge in [-0.15, -0.1) is 11.3 Å². The predicted octanol–water partition coefficient (Wildman–Crippen LogP) is 5.96. The number of anilines is 1. The average molecular weight is 510 g/mol. The summed E-state index contributed by atoms with van der Waals surface area (Å²) in [7, 11) is 0. The van der Waals surface area contributed by atoms with Gasteiger partial charge in [-0.2, -0.15) is 0 Å². The number of nitrogens with zero attached hydrogens (tertiary/aromatic N) is 3. The minimum absolute atomic E-state index is 0.0475. The van der Waals surface area contributed by atoms with Crippen molar-refractivity contribution in [3.05, 3.63) is 70.3 Å². The smallest absolute Gasteiger partial charge is 0.348 e. The van der Waals surface area contributed by atoms with Crippen molar-refractivity contribution >= 4 is 40.5 Å². The van der Waals surface area contributed by atoms with E-state index in [2.05, 4.69) is 9.88 Å². The molecule has 1 N–H and O–H groups in total. The topological polar surface area (TPSA) is 73.7 Å². The highest BCUT2D eigenvalue weighted by atomic mass is 35.5. The van der Waals surface area contributed by atoms with Gasteiger partial charge < -0.3 is 10.0 Å². The lowest BCUT2D eigenvalue weighted by Crippen LogP contribution is -2.59. The van der Waals surface area contributed by atoms with Crippen LogP contribution in [-0.2, 0) is 11.3 Å². The number of carboxylic acid groups (broad SMARTS) is 1. The molecule has 1 unspecified atom stereocenters. The van der Waals surface area contributed by atoms with E-state index in [0.29, 0.717) is 29.8 Å². The second kappa shape index (κ2) is 10.5. The molecule has 1 aliphatic heterocycles. The Hall–Kier alpha value is -2.74. The molecule has 1 aliphatic carbocycles. The molecule has 2 fully saturated rings. The van der Waals surface area contributed by atoms with E-state index in [1.54, 1.807) is 12.3 Å². The van der Waals surface area contributed by atoms with Gasteiger partial charge in [0.1, 0.15) is 10.0 Å². The zero-order chi connectivity index (χ0) is 24.4. The molecule has 1 amide bonds. The molecule has 6 nitrogen and oxygen atoms in total. The Morgan fingerprint density at radius 2 is 1.89 bits per heavy atom. The van der Waals surface area contributed by atoms with Crippen molar-refractivity contribution in [2.24, 2.45) is 5.92 Å². The number of rotatable bonds is 6. The first-order valence-electron chi connectivity index (χ1n) is 12.1. The van der Waals surface area contributed by atoms with Crippen molar-refractivity contribution in [2.75, 3.05) is 18.0 Å². The first-order valence-corrected chi connectivity index (χ1v) is 13.3. The maximum absolute atomic E-state index is 13.7. The van der Waals surface area contributed by atoms with E-state index >= 15 is 0 Å². The summed E-state index contributed by atoms with van der Waals surface area (Å²) in [4.78, 5) is 35.2. The fraction of sp³-hybridized carbons (Fsp3) is 0.370. The molecule has 5 rings (SSSR count). The van der Waals surface area contributed by atoms with Crippen molar-refractivity contribution in [1.82, 2.24) is 9.88 Å². The van der Waals surface area contributed by atoms with Crippen LogP contribution in [0.1, 0.15) is 47.3 Å². The molecule has 1 atom stereocenters. The number of halogens is 1.